The summed E-state index contributed by atoms with van der Waals surface area (Å²) in [4.78, 5) is 29.1. The summed E-state index contributed by atoms with van der Waals surface area (Å²) >= 11 is 1.66. The molecule has 0 N–H and O–H groups in total. The van der Waals surface area contributed by atoms with Gasteiger partial charge in [0.15, 0.2) is 0 Å². The van der Waals surface area contributed by atoms with Crippen LogP contribution >= 0.6 is 11.8 Å². The van der Waals surface area contributed by atoms with E-state index in [0.717, 1.165) is 34.6 Å². The number of hydrogen-bond donors (Lipinski definition) is 0. The van der Waals surface area contributed by atoms with Crippen molar-refractivity contribution in [1.82, 2.24) is 9.80 Å². The van der Waals surface area contributed by atoms with Gasteiger partial charge in [-0.25, -0.2) is 0 Å². The number of nitrogens with zero attached hydrogens (tertiary/aromatic N) is 2. The van der Waals surface area contributed by atoms with Crippen molar-refractivity contribution in [2.75, 3.05) is 26.4 Å². The Hall–Kier alpha value is -2.57. The van der Waals surface area contributed by atoms with Crippen molar-refractivity contribution in [3.8, 4) is 0 Å². The van der Waals surface area contributed by atoms with E-state index in [2.05, 4.69) is 4.90 Å². The summed E-state index contributed by atoms with van der Waals surface area (Å²) < 4.78 is 5.80. The van der Waals surface area contributed by atoms with Crippen LogP contribution in [0.5, 0.6) is 0 Å². The maximum Gasteiger partial charge on any atom is 0.261 e. The lowest BCUT2D eigenvalue weighted by Crippen LogP contribution is -2.41. The van der Waals surface area contributed by atoms with Gasteiger partial charge in [-0.15, -0.1) is 0 Å². The summed E-state index contributed by atoms with van der Waals surface area (Å²) in [5, 5.41) is 1.70. The molecule has 5 nitrogen and oxygen atoms in total. The third-order valence-electron chi connectivity index (χ3n) is 4.75. The molecule has 4 rings (SSSR count). The molecule has 1 aliphatic heterocycles. The minimum absolute atomic E-state index is 0.207. The molecule has 0 atom stereocenters. The van der Waals surface area contributed by atoms with Crippen molar-refractivity contribution in [3.63, 3.8) is 0 Å². The second-order valence-electron chi connectivity index (χ2n) is 7.13. The van der Waals surface area contributed by atoms with Crippen LogP contribution < -0.4 is 0 Å². The van der Waals surface area contributed by atoms with Crippen LogP contribution in [0.3, 0.4) is 0 Å². The Kier molecular flexibility index (Phi) is 5.24. The fourth-order valence-corrected chi connectivity index (χ4v) is 4.32. The first-order chi connectivity index (χ1) is 13.5. The average Bonchev–Trinajstić information content (AvgIpc) is 3.11. The molecule has 0 saturated heterocycles. The van der Waals surface area contributed by atoms with Crippen molar-refractivity contribution >= 4 is 34.3 Å². The van der Waals surface area contributed by atoms with Gasteiger partial charge in [0, 0.05) is 28.8 Å². The lowest BCUT2D eigenvalue weighted by molar-refractivity contribution is 0.0621. The van der Waals surface area contributed by atoms with Gasteiger partial charge in [0.25, 0.3) is 11.8 Å². The Bertz CT molecular complexity index is 990. The SMILES string of the molecule is CN(C)Cc1ccc(CSCCN2C(=O)c3cccc4cccc(c34)C2=O)o1. The molecule has 1 aliphatic rings. The van der Waals surface area contributed by atoms with E-state index in [4.69, 9.17) is 4.42 Å². The predicted octanol–water partition coefficient (Wildman–Crippen LogP) is 4.02. The Labute approximate surface area is 168 Å². The Morgan fingerprint density at radius 2 is 1.57 bits per heavy atom. The molecule has 6 heteroatoms. The highest BCUT2D eigenvalue weighted by Gasteiger charge is 2.32. The molecular formula is C22H22N2O3S. The number of thioether (sulfide) groups is 1. The van der Waals surface area contributed by atoms with Crippen molar-refractivity contribution < 1.29 is 14.0 Å². The monoisotopic (exact) mass is 394 g/mol. The van der Waals surface area contributed by atoms with E-state index in [1.807, 2.05) is 50.5 Å². The number of amides is 2. The molecule has 28 heavy (non-hydrogen) atoms. The number of furan rings is 1. The average molecular weight is 394 g/mol. The zero-order valence-electron chi connectivity index (χ0n) is 16.0. The molecule has 1 aromatic heterocycles. The summed E-state index contributed by atoms with van der Waals surface area (Å²) in [6.07, 6.45) is 0. The Morgan fingerprint density at radius 3 is 2.21 bits per heavy atom. The largest absolute Gasteiger partial charge is 0.464 e. The second kappa shape index (κ2) is 7.81. The number of benzene rings is 2. The van der Waals surface area contributed by atoms with Gasteiger partial charge in [-0.2, -0.15) is 11.8 Å². The third-order valence-corrected chi connectivity index (χ3v) is 5.71. The minimum Gasteiger partial charge on any atom is -0.464 e. The fraction of sp³-hybridized carbons (Fsp3) is 0.273. The van der Waals surface area contributed by atoms with E-state index >= 15 is 0 Å². The molecule has 0 fully saturated rings. The molecule has 2 aromatic carbocycles. The lowest BCUT2D eigenvalue weighted by atomic mass is 9.94. The summed E-state index contributed by atoms with van der Waals surface area (Å²) in [6.45, 7) is 1.16. The molecule has 0 saturated carbocycles. The summed E-state index contributed by atoms with van der Waals surface area (Å²) in [7, 11) is 4.00. The van der Waals surface area contributed by atoms with Crippen molar-refractivity contribution in [3.05, 3.63) is 71.2 Å². The zero-order valence-corrected chi connectivity index (χ0v) is 16.8. The van der Waals surface area contributed by atoms with Gasteiger partial charge in [-0.05, 0) is 43.7 Å². The first-order valence-electron chi connectivity index (χ1n) is 9.22. The maximum absolute atomic E-state index is 12.9. The molecule has 0 aliphatic carbocycles. The van der Waals surface area contributed by atoms with E-state index < -0.39 is 0 Å². The standard InChI is InChI=1S/C22H22N2O3S/c1-23(2)13-16-9-10-17(27-16)14-28-12-11-24-21(25)18-7-3-5-15-6-4-8-19(20(15)18)22(24)26/h3-10H,11-14H2,1-2H3. The quantitative estimate of drug-likeness (QED) is 0.447. The number of carbonyl (C=O) groups excluding carboxylic acids is 2. The van der Waals surface area contributed by atoms with Gasteiger partial charge >= 0.3 is 0 Å². The third kappa shape index (κ3) is 3.57. The maximum atomic E-state index is 12.9. The zero-order chi connectivity index (χ0) is 19.7. The van der Waals surface area contributed by atoms with E-state index in [1.165, 1.54) is 4.90 Å². The highest BCUT2D eigenvalue weighted by atomic mass is 32.2. The highest BCUT2D eigenvalue weighted by Crippen LogP contribution is 2.30. The molecule has 0 unspecified atom stereocenters. The van der Waals surface area contributed by atoms with Gasteiger partial charge in [-0.1, -0.05) is 24.3 Å². The normalized spacial score (nSPS) is 13.8. The van der Waals surface area contributed by atoms with Crippen LogP contribution in [-0.2, 0) is 12.3 Å². The molecular weight excluding hydrogens is 372 g/mol. The highest BCUT2D eigenvalue weighted by molar-refractivity contribution is 7.98. The van der Waals surface area contributed by atoms with Gasteiger partial charge < -0.3 is 9.32 Å². The van der Waals surface area contributed by atoms with Crippen molar-refractivity contribution in [2.45, 2.75) is 12.3 Å². The van der Waals surface area contributed by atoms with Gasteiger partial charge in [-0.3, -0.25) is 14.5 Å². The molecule has 2 heterocycles. The number of rotatable bonds is 7. The predicted molar refractivity (Wildman–Crippen MR) is 112 cm³/mol. The lowest BCUT2D eigenvalue weighted by Gasteiger charge is -2.27. The van der Waals surface area contributed by atoms with Crippen molar-refractivity contribution in [1.29, 1.82) is 0 Å². The van der Waals surface area contributed by atoms with Crippen LogP contribution in [0.4, 0.5) is 0 Å². The van der Waals surface area contributed by atoms with Crippen LogP contribution in [0.2, 0.25) is 0 Å². The molecule has 2 amide bonds. The first kappa shape index (κ1) is 18.8. The first-order valence-corrected chi connectivity index (χ1v) is 10.4. The van der Waals surface area contributed by atoms with Crippen molar-refractivity contribution in [2.24, 2.45) is 0 Å². The summed E-state index contributed by atoms with van der Waals surface area (Å²) in [6, 6.07) is 15.2. The summed E-state index contributed by atoms with van der Waals surface area (Å²) in [5.41, 5.74) is 1.22. The van der Waals surface area contributed by atoms with E-state index in [-0.39, 0.29) is 11.8 Å². The molecule has 3 aromatic rings. The van der Waals surface area contributed by atoms with Crippen LogP contribution in [-0.4, -0.2) is 48.0 Å². The van der Waals surface area contributed by atoms with Gasteiger partial charge in [0.1, 0.15) is 11.5 Å². The molecule has 144 valence electrons. The number of hydrogen-bond acceptors (Lipinski definition) is 5. The minimum atomic E-state index is -0.207. The second-order valence-corrected chi connectivity index (χ2v) is 8.23. The van der Waals surface area contributed by atoms with E-state index in [1.54, 1.807) is 23.9 Å². The van der Waals surface area contributed by atoms with Gasteiger partial charge in [0.05, 0.1) is 12.3 Å². The molecule has 0 bridgehead atoms. The Morgan fingerprint density at radius 1 is 0.929 bits per heavy atom. The summed E-state index contributed by atoms with van der Waals surface area (Å²) in [5.74, 6) is 2.82. The smallest absolute Gasteiger partial charge is 0.261 e. The van der Waals surface area contributed by atoms with Gasteiger partial charge in [0.2, 0.25) is 0 Å². The number of carbonyl (C=O) groups is 2. The molecule has 0 radical (unpaired) electrons. The topological polar surface area (TPSA) is 53.8 Å². The van der Waals surface area contributed by atoms with E-state index in [0.29, 0.717) is 23.4 Å². The van der Waals surface area contributed by atoms with Crippen LogP contribution in [0.25, 0.3) is 10.8 Å². The van der Waals surface area contributed by atoms with Crippen LogP contribution in [0, 0.1) is 0 Å². The van der Waals surface area contributed by atoms with Crippen LogP contribution in [0.1, 0.15) is 32.2 Å². The molecule has 0 spiro atoms. The van der Waals surface area contributed by atoms with E-state index in [9.17, 15) is 9.59 Å². The Balaban J connectivity index is 1.40. The fourth-order valence-electron chi connectivity index (χ4n) is 3.51. The van der Waals surface area contributed by atoms with Crippen LogP contribution in [0.15, 0.2) is 52.9 Å². The number of imide groups is 1.